The molecule has 2 aromatic rings. The first-order chi connectivity index (χ1) is 15.8. The lowest BCUT2D eigenvalue weighted by Crippen LogP contribution is -2.38. The molecule has 0 fully saturated rings. The Bertz CT molecular complexity index is 1150. The highest BCUT2D eigenvalue weighted by Gasteiger charge is 2.45. The van der Waals surface area contributed by atoms with E-state index in [1.54, 1.807) is 26.0 Å². The summed E-state index contributed by atoms with van der Waals surface area (Å²) in [5.74, 6) is -1.90. The Labute approximate surface area is 197 Å². The highest BCUT2D eigenvalue weighted by molar-refractivity contribution is 6.32. The third kappa shape index (κ3) is 4.27. The van der Waals surface area contributed by atoms with E-state index in [9.17, 15) is 14.7 Å². The molecule has 0 saturated carbocycles. The molecule has 6 nitrogen and oxygen atoms in total. The summed E-state index contributed by atoms with van der Waals surface area (Å²) >= 11 is 6.28. The van der Waals surface area contributed by atoms with Crippen molar-refractivity contribution in [1.82, 2.24) is 0 Å². The second-order valence-corrected chi connectivity index (χ2v) is 8.72. The average molecular weight is 468 g/mol. The van der Waals surface area contributed by atoms with E-state index in [4.69, 9.17) is 26.1 Å². The molecule has 4 rings (SSSR count). The second kappa shape index (κ2) is 9.40. The maximum absolute atomic E-state index is 13.5. The Balaban J connectivity index is 1.86. The van der Waals surface area contributed by atoms with Gasteiger partial charge in [0.05, 0.1) is 18.7 Å². The number of carbonyl (C=O) groups excluding carboxylic acids is 2. The largest absolute Gasteiger partial charge is 0.503 e. The molecule has 2 aromatic carbocycles. The zero-order valence-corrected chi connectivity index (χ0v) is 19.6. The summed E-state index contributed by atoms with van der Waals surface area (Å²) in [6, 6.07) is 13.1. The van der Waals surface area contributed by atoms with Crippen LogP contribution >= 0.6 is 11.6 Å². The molecule has 1 heterocycles. The van der Waals surface area contributed by atoms with Crippen molar-refractivity contribution in [3.8, 4) is 11.5 Å². The van der Waals surface area contributed by atoms with Crippen molar-refractivity contribution >= 4 is 29.1 Å². The van der Waals surface area contributed by atoms with Crippen molar-refractivity contribution < 1.29 is 24.2 Å². The number of ether oxygens (including phenoxy) is 2. The zero-order valence-electron chi connectivity index (χ0n) is 18.8. The first kappa shape index (κ1) is 23.1. The highest BCUT2D eigenvalue weighted by atomic mass is 35.5. The number of halogens is 1. The molecule has 1 unspecified atom stereocenters. The summed E-state index contributed by atoms with van der Waals surface area (Å²) in [5.41, 5.74) is 3.47. The van der Waals surface area contributed by atoms with E-state index in [2.05, 4.69) is 0 Å². The van der Waals surface area contributed by atoms with Crippen LogP contribution in [-0.2, 0) is 14.3 Å². The van der Waals surface area contributed by atoms with Crippen molar-refractivity contribution in [2.75, 3.05) is 13.7 Å². The van der Waals surface area contributed by atoms with Gasteiger partial charge >= 0.3 is 5.97 Å². The number of esters is 1. The van der Waals surface area contributed by atoms with Gasteiger partial charge in [-0.1, -0.05) is 41.9 Å². The van der Waals surface area contributed by atoms with E-state index in [1.807, 2.05) is 30.3 Å². The lowest BCUT2D eigenvalue weighted by Gasteiger charge is -2.36. The fraction of sp³-hybridized carbons (Fsp3) is 0.346. The summed E-state index contributed by atoms with van der Waals surface area (Å²) in [6.45, 7) is 3.74. The minimum Gasteiger partial charge on any atom is -0.503 e. The van der Waals surface area contributed by atoms with Crippen molar-refractivity contribution in [1.29, 1.82) is 0 Å². The van der Waals surface area contributed by atoms with Crippen LogP contribution in [0.4, 0.5) is 0 Å². The fourth-order valence-electron chi connectivity index (χ4n) is 4.85. The maximum Gasteiger partial charge on any atom is 0.315 e. The minimum absolute atomic E-state index is 0.0201. The lowest BCUT2D eigenvalue weighted by atomic mass is 9.69. The average Bonchev–Trinajstić information content (AvgIpc) is 2.80. The third-order valence-electron chi connectivity index (χ3n) is 6.33. The summed E-state index contributed by atoms with van der Waals surface area (Å²) in [6.07, 6.45) is 0.920. The predicted octanol–water partition coefficient (Wildman–Crippen LogP) is 5.19. The van der Waals surface area contributed by atoms with Crippen LogP contribution in [0.2, 0.25) is 5.02 Å². The van der Waals surface area contributed by atoms with Gasteiger partial charge in [-0.3, -0.25) is 14.6 Å². The van der Waals surface area contributed by atoms with Gasteiger partial charge in [0.1, 0.15) is 5.92 Å². The van der Waals surface area contributed by atoms with Gasteiger partial charge in [-0.2, -0.15) is 0 Å². The number of aliphatic imine (C=N–C) groups is 1. The standard InChI is InChI=1S/C26H26ClNO5/c1-4-33-26(31)22-14(2)28-19-11-16(15-8-6-5-7-9-15)12-20(29)24(19)23(22)17-10-18(27)25(30)21(13-17)32-3/h5-10,13,16,22-23,30H,4,11-12H2,1-3H3/t16-,22?,23+/m1/s1. The van der Waals surface area contributed by atoms with Crippen LogP contribution in [0.5, 0.6) is 11.5 Å². The molecule has 0 radical (unpaired) electrons. The van der Waals surface area contributed by atoms with Gasteiger partial charge in [-0.05, 0) is 49.4 Å². The molecule has 2 aliphatic rings. The Hall–Kier alpha value is -3.12. The number of hydrogen-bond donors (Lipinski definition) is 1. The number of aromatic hydroxyl groups is 1. The molecule has 0 bridgehead atoms. The summed E-state index contributed by atoms with van der Waals surface area (Å²) < 4.78 is 10.6. The Kier molecular flexibility index (Phi) is 6.56. The Morgan fingerprint density at radius 2 is 1.91 bits per heavy atom. The van der Waals surface area contributed by atoms with Crippen LogP contribution in [0.15, 0.2) is 58.7 Å². The van der Waals surface area contributed by atoms with E-state index in [1.165, 1.54) is 7.11 Å². The highest BCUT2D eigenvalue weighted by Crippen LogP contribution is 2.49. The number of methoxy groups -OCH3 is 1. The molecule has 0 amide bonds. The SMILES string of the molecule is CCOC(=O)C1C(C)=NC2=C(C(=O)C[C@H](c3ccccc3)C2)[C@H]1c1cc(Cl)c(O)c(OC)c1. The molecule has 33 heavy (non-hydrogen) atoms. The molecule has 1 aliphatic carbocycles. The number of benzene rings is 2. The second-order valence-electron chi connectivity index (χ2n) is 8.31. The first-order valence-electron chi connectivity index (χ1n) is 10.9. The van der Waals surface area contributed by atoms with Crippen LogP contribution in [0.1, 0.15) is 49.7 Å². The van der Waals surface area contributed by atoms with E-state index in [0.717, 1.165) is 5.56 Å². The monoisotopic (exact) mass is 467 g/mol. The number of carbonyl (C=O) groups is 2. The van der Waals surface area contributed by atoms with Crippen LogP contribution < -0.4 is 4.74 Å². The smallest absolute Gasteiger partial charge is 0.315 e. The minimum atomic E-state index is -0.772. The topological polar surface area (TPSA) is 85.2 Å². The molecule has 7 heteroatoms. The molecular weight excluding hydrogens is 442 g/mol. The van der Waals surface area contributed by atoms with Gasteiger partial charge in [-0.25, -0.2) is 0 Å². The van der Waals surface area contributed by atoms with E-state index in [0.29, 0.717) is 35.4 Å². The number of Topliss-reactive ketones (excluding diaryl/α,β-unsaturated/α-hetero) is 1. The zero-order chi connectivity index (χ0) is 23.7. The normalized spacial score (nSPS) is 22.5. The fourth-order valence-corrected chi connectivity index (χ4v) is 5.07. The number of hydrogen-bond acceptors (Lipinski definition) is 6. The number of rotatable bonds is 5. The van der Waals surface area contributed by atoms with E-state index < -0.39 is 17.8 Å². The molecule has 3 atom stereocenters. The molecule has 1 aliphatic heterocycles. The van der Waals surface area contributed by atoms with Gasteiger partial charge in [-0.15, -0.1) is 0 Å². The first-order valence-corrected chi connectivity index (χ1v) is 11.3. The number of nitrogens with zero attached hydrogens (tertiary/aromatic N) is 1. The van der Waals surface area contributed by atoms with Crippen molar-refractivity contribution in [3.63, 3.8) is 0 Å². The molecule has 172 valence electrons. The number of ketones is 1. The van der Waals surface area contributed by atoms with Crippen LogP contribution in [0.25, 0.3) is 0 Å². The van der Waals surface area contributed by atoms with Gasteiger partial charge in [0.15, 0.2) is 17.3 Å². The molecule has 0 spiro atoms. The van der Waals surface area contributed by atoms with Crippen LogP contribution in [-0.4, -0.2) is 36.3 Å². The summed E-state index contributed by atoms with van der Waals surface area (Å²) in [5, 5.41) is 10.3. The third-order valence-corrected chi connectivity index (χ3v) is 6.62. The van der Waals surface area contributed by atoms with Crippen molar-refractivity contribution in [2.24, 2.45) is 10.9 Å². The quantitative estimate of drug-likeness (QED) is 0.611. The number of allylic oxidation sites excluding steroid dienone is 2. The van der Waals surface area contributed by atoms with Crippen molar-refractivity contribution in [3.05, 3.63) is 69.9 Å². The van der Waals surface area contributed by atoms with Crippen LogP contribution in [0, 0.1) is 5.92 Å². The molecule has 0 aromatic heterocycles. The van der Waals surface area contributed by atoms with E-state index >= 15 is 0 Å². The van der Waals surface area contributed by atoms with E-state index in [-0.39, 0.29) is 34.8 Å². The maximum atomic E-state index is 13.5. The Morgan fingerprint density at radius 1 is 1.18 bits per heavy atom. The molecule has 0 saturated heterocycles. The van der Waals surface area contributed by atoms with Gasteiger partial charge in [0, 0.05) is 29.3 Å². The Morgan fingerprint density at radius 3 is 2.58 bits per heavy atom. The number of phenols is 1. The summed E-state index contributed by atoms with van der Waals surface area (Å²) in [7, 11) is 1.42. The predicted molar refractivity (Wildman–Crippen MR) is 126 cm³/mol. The van der Waals surface area contributed by atoms with Crippen molar-refractivity contribution in [2.45, 2.75) is 38.5 Å². The van der Waals surface area contributed by atoms with Gasteiger partial charge in [0.25, 0.3) is 0 Å². The van der Waals surface area contributed by atoms with Gasteiger partial charge < -0.3 is 14.6 Å². The summed E-state index contributed by atoms with van der Waals surface area (Å²) in [4.78, 5) is 31.3. The lowest BCUT2D eigenvalue weighted by molar-refractivity contribution is -0.146. The van der Waals surface area contributed by atoms with Gasteiger partial charge in [0.2, 0.25) is 0 Å². The molecule has 1 N–H and O–H groups in total. The van der Waals surface area contributed by atoms with Crippen LogP contribution in [0.3, 0.4) is 0 Å². The number of phenolic OH excluding ortho intramolecular Hbond substituents is 1. The molecular formula is C26H26ClNO5.